The number of rotatable bonds is 4. The van der Waals surface area contributed by atoms with E-state index in [4.69, 9.17) is 5.84 Å². The van der Waals surface area contributed by atoms with Gasteiger partial charge in [0, 0.05) is 5.75 Å². The third kappa shape index (κ3) is 3.44. The van der Waals surface area contributed by atoms with Crippen LogP contribution in [-0.2, 0) is 4.79 Å². The summed E-state index contributed by atoms with van der Waals surface area (Å²) in [6, 6.07) is 0. The van der Waals surface area contributed by atoms with Crippen molar-refractivity contribution in [1.29, 1.82) is 0 Å². The standard InChI is InChI=1S/C8H14N4OS2/c1-5-10-7(15-12-5)14-4-8(2,3)6(13)11-9/h4,9H2,1-3H3,(H,11,13). The zero-order valence-corrected chi connectivity index (χ0v) is 10.5. The summed E-state index contributed by atoms with van der Waals surface area (Å²) in [7, 11) is 0. The Morgan fingerprint density at radius 1 is 1.67 bits per heavy atom. The van der Waals surface area contributed by atoms with Gasteiger partial charge in [0.2, 0.25) is 5.91 Å². The van der Waals surface area contributed by atoms with Crippen LogP contribution in [0.1, 0.15) is 19.7 Å². The van der Waals surface area contributed by atoms with Crippen LogP contribution in [0, 0.1) is 12.3 Å². The van der Waals surface area contributed by atoms with Gasteiger partial charge in [0.25, 0.3) is 0 Å². The maximum Gasteiger partial charge on any atom is 0.240 e. The Morgan fingerprint density at radius 2 is 2.33 bits per heavy atom. The molecule has 0 atom stereocenters. The van der Waals surface area contributed by atoms with Gasteiger partial charge < -0.3 is 0 Å². The van der Waals surface area contributed by atoms with Gasteiger partial charge in [0.05, 0.1) is 5.41 Å². The summed E-state index contributed by atoms with van der Waals surface area (Å²) in [5.74, 6) is 6.32. The summed E-state index contributed by atoms with van der Waals surface area (Å²) in [4.78, 5) is 15.6. The largest absolute Gasteiger partial charge is 0.294 e. The molecule has 1 amide bonds. The van der Waals surface area contributed by atoms with Crippen molar-refractivity contribution in [1.82, 2.24) is 14.8 Å². The highest BCUT2D eigenvalue weighted by Crippen LogP contribution is 2.28. The molecule has 0 saturated carbocycles. The summed E-state index contributed by atoms with van der Waals surface area (Å²) in [6.45, 7) is 5.53. The first-order valence-electron chi connectivity index (χ1n) is 4.40. The fraction of sp³-hybridized carbons (Fsp3) is 0.625. The molecular weight excluding hydrogens is 232 g/mol. The number of nitrogens with one attached hydrogen (secondary N) is 1. The Hall–Kier alpha value is -0.660. The number of hydrazine groups is 1. The lowest BCUT2D eigenvalue weighted by Gasteiger charge is -2.20. The molecule has 0 unspecified atom stereocenters. The minimum atomic E-state index is -0.501. The van der Waals surface area contributed by atoms with Crippen molar-refractivity contribution in [2.45, 2.75) is 25.1 Å². The average Bonchev–Trinajstić information content (AvgIpc) is 2.60. The summed E-state index contributed by atoms with van der Waals surface area (Å²) in [5.41, 5.74) is 1.66. The normalized spacial score (nSPS) is 11.5. The maximum atomic E-state index is 11.4. The molecule has 7 heteroatoms. The molecule has 84 valence electrons. The number of carbonyl (C=O) groups is 1. The van der Waals surface area contributed by atoms with Gasteiger partial charge in [-0.3, -0.25) is 10.2 Å². The summed E-state index contributed by atoms with van der Waals surface area (Å²) in [5, 5.41) is 0. The molecule has 1 aromatic heterocycles. The summed E-state index contributed by atoms with van der Waals surface area (Å²) >= 11 is 2.87. The molecule has 1 heterocycles. The van der Waals surface area contributed by atoms with E-state index in [9.17, 15) is 4.79 Å². The van der Waals surface area contributed by atoms with Crippen LogP contribution in [0.3, 0.4) is 0 Å². The molecule has 0 spiro atoms. The highest BCUT2D eigenvalue weighted by Gasteiger charge is 2.27. The van der Waals surface area contributed by atoms with Crippen LogP contribution in [0.25, 0.3) is 0 Å². The van der Waals surface area contributed by atoms with E-state index in [2.05, 4.69) is 14.8 Å². The van der Waals surface area contributed by atoms with E-state index >= 15 is 0 Å². The number of nitrogens with two attached hydrogens (primary N) is 1. The van der Waals surface area contributed by atoms with E-state index < -0.39 is 5.41 Å². The molecule has 5 nitrogen and oxygen atoms in total. The van der Waals surface area contributed by atoms with Crippen LogP contribution in [0.2, 0.25) is 0 Å². The van der Waals surface area contributed by atoms with Crippen molar-refractivity contribution < 1.29 is 4.79 Å². The van der Waals surface area contributed by atoms with Gasteiger partial charge in [-0.15, -0.1) is 0 Å². The fourth-order valence-electron chi connectivity index (χ4n) is 0.840. The van der Waals surface area contributed by atoms with Crippen LogP contribution in [0.5, 0.6) is 0 Å². The maximum absolute atomic E-state index is 11.4. The Labute approximate surface area is 97.0 Å². The Morgan fingerprint density at radius 3 is 2.80 bits per heavy atom. The summed E-state index contributed by atoms with van der Waals surface area (Å²) < 4.78 is 4.95. The predicted octanol–water partition coefficient (Wildman–Crippen LogP) is 0.955. The van der Waals surface area contributed by atoms with Crippen LogP contribution in [0.4, 0.5) is 0 Å². The second-order valence-electron chi connectivity index (χ2n) is 3.75. The number of hydrogen-bond donors (Lipinski definition) is 2. The van der Waals surface area contributed by atoms with Crippen LogP contribution >= 0.6 is 23.3 Å². The average molecular weight is 246 g/mol. The number of aryl methyl sites for hydroxylation is 1. The number of hydrogen-bond acceptors (Lipinski definition) is 6. The number of aromatic nitrogens is 2. The zero-order valence-electron chi connectivity index (χ0n) is 8.90. The zero-order chi connectivity index (χ0) is 11.5. The number of amides is 1. The first-order chi connectivity index (χ1) is 6.95. The van der Waals surface area contributed by atoms with Gasteiger partial charge in [0.15, 0.2) is 4.34 Å². The molecule has 0 saturated heterocycles. The first-order valence-corrected chi connectivity index (χ1v) is 6.16. The highest BCUT2D eigenvalue weighted by molar-refractivity contribution is 8.01. The van der Waals surface area contributed by atoms with E-state index in [-0.39, 0.29) is 5.91 Å². The minimum absolute atomic E-state index is 0.170. The molecule has 3 N–H and O–H groups in total. The topological polar surface area (TPSA) is 80.9 Å². The third-order valence-electron chi connectivity index (χ3n) is 1.81. The fourth-order valence-corrected chi connectivity index (χ4v) is 2.58. The van der Waals surface area contributed by atoms with Crippen molar-refractivity contribution >= 4 is 29.2 Å². The van der Waals surface area contributed by atoms with Crippen molar-refractivity contribution in [3.63, 3.8) is 0 Å². The van der Waals surface area contributed by atoms with E-state index in [0.717, 1.165) is 10.2 Å². The molecule has 0 bridgehead atoms. The quantitative estimate of drug-likeness (QED) is 0.358. The number of nitrogens with zero attached hydrogens (tertiary/aromatic N) is 2. The molecule has 0 aliphatic heterocycles. The van der Waals surface area contributed by atoms with Crippen LogP contribution < -0.4 is 11.3 Å². The first kappa shape index (κ1) is 12.4. The molecular formula is C8H14N4OS2. The molecule has 1 rings (SSSR count). The third-order valence-corrected chi connectivity index (χ3v) is 4.20. The highest BCUT2D eigenvalue weighted by atomic mass is 32.2. The monoisotopic (exact) mass is 246 g/mol. The number of thioether (sulfide) groups is 1. The second kappa shape index (κ2) is 4.91. The van der Waals surface area contributed by atoms with Gasteiger partial charge in [-0.2, -0.15) is 4.37 Å². The molecule has 0 aliphatic rings. The summed E-state index contributed by atoms with van der Waals surface area (Å²) in [6.07, 6.45) is 0. The second-order valence-corrected chi connectivity index (χ2v) is 5.73. The van der Waals surface area contributed by atoms with E-state index in [0.29, 0.717) is 5.75 Å². The van der Waals surface area contributed by atoms with Crippen molar-refractivity contribution in [2.24, 2.45) is 11.3 Å². The van der Waals surface area contributed by atoms with Gasteiger partial charge in [-0.1, -0.05) is 25.6 Å². The van der Waals surface area contributed by atoms with Gasteiger partial charge in [-0.05, 0) is 18.5 Å². The SMILES string of the molecule is Cc1nsc(SCC(C)(C)C(=O)NN)n1. The molecule has 0 aromatic carbocycles. The van der Waals surface area contributed by atoms with Crippen LogP contribution in [-0.4, -0.2) is 21.0 Å². The smallest absolute Gasteiger partial charge is 0.240 e. The molecule has 0 aliphatic carbocycles. The van der Waals surface area contributed by atoms with Crippen molar-refractivity contribution in [3.05, 3.63) is 5.82 Å². The molecule has 15 heavy (non-hydrogen) atoms. The van der Waals surface area contributed by atoms with E-state index in [1.54, 1.807) is 0 Å². The van der Waals surface area contributed by atoms with Gasteiger partial charge >= 0.3 is 0 Å². The lowest BCUT2D eigenvalue weighted by Crippen LogP contribution is -2.42. The number of carbonyl (C=O) groups excluding carboxylic acids is 1. The van der Waals surface area contributed by atoms with Crippen molar-refractivity contribution in [2.75, 3.05) is 5.75 Å². The molecule has 0 radical (unpaired) electrons. The molecule has 1 aromatic rings. The lowest BCUT2D eigenvalue weighted by atomic mass is 9.96. The van der Waals surface area contributed by atoms with Crippen LogP contribution in [0.15, 0.2) is 4.34 Å². The van der Waals surface area contributed by atoms with Crippen molar-refractivity contribution in [3.8, 4) is 0 Å². The Kier molecular flexibility index (Phi) is 4.06. The Bertz CT molecular complexity index is 350. The van der Waals surface area contributed by atoms with E-state index in [1.807, 2.05) is 20.8 Å². The predicted molar refractivity (Wildman–Crippen MR) is 61.5 cm³/mol. The Balaban J connectivity index is 2.53. The lowest BCUT2D eigenvalue weighted by molar-refractivity contribution is -0.128. The minimum Gasteiger partial charge on any atom is -0.294 e. The van der Waals surface area contributed by atoms with E-state index in [1.165, 1.54) is 23.3 Å². The van der Waals surface area contributed by atoms with Gasteiger partial charge in [-0.25, -0.2) is 10.8 Å². The molecule has 0 fully saturated rings. The van der Waals surface area contributed by atoms with Gasteiger partial charge in [0.1, 0.15) is 5.82 Å².